The second kappa shape index (κ2) is 4.30. The van der Waals surface area contributed by atoms with E-state index in [0.717, 1.165) is 27.8 Å². The lowest BCUT2D eigenvalue weighted by molar-refractivity contribution is -0.138. The monoisotopic (exact) mass is 265 g/mol. The Bertz CT molecular complexity index is 709. The van der Waals surface area contributed by atoms with Crippen molar-refractivity contribution in [2.75, 3.05) is 0 Å². The summed E-state index contributed by atoms with van der Waals surface area (Å²) in [6.45, 7) is 6.01. The number of carbonyl (C=O) groups is 1. The van der Waals surface area contributed by atoms with Crippen LogP contribution in [0.1, 0.15) is 18.1 Å². The van der Waals surface area contributed by atoms with E-state index in [1.165, 1.54) is 0 Å². The fraction of sp³-hybridized carbons (Fsp3) is 0.176. The summed E-state index contributed by atoms with van der Waals surface area (Å²) in [6.07, 6.45) is 3.55. The van der Waals surface area contributed by atoms with Gasteiger partial charge in [0, 0.05) is 5.92 Å². The van der Waals surface area contributed by atoms with Crippen LogP contribution in [0.5, 0.6) is 0 Å². The molecular formula is C17H15NO2. The highest BCUT2D eigenvalue weighted by Crippen LogP contribution is 2.51. The molecule has 0 bridgehead atoms. The number of aliphatic carboxylic acids is 1. The molecule has 20 heavy (non-hydrogen) atoms. The average molecular weight is 265 g/mol. The Morgan fingerprint density at radius 3 is 2.60 bits per heavy atom. The van der Waals surface area contributed by atoms with E-state index in [2.05, 4.69) is 6.58 Å². The van der Waals surface area contributed by atoms with Crippen LogP contribution in [0, 0.1) is 17.2 Å². The molecule has 3 heteroatoms. The molecule has 0 amide bonds. The topological polar surface area (TPSA) is 61.1 Å². The first-order chi connectivity index (χ1) is 9.56. The maximum absolute atomic E-state index is 11.4. The largest absolute Gasteiger partial charge is 0.481 e. The molecule has 3 rings (SSSR count). The standard InChI is InChI=1S/C17H15NO2/c1-3-10-15-9(2)11-6-4-5-7-12(11)13(15)8-14(16(10)18)17(19)20/h3-8,14-15,18H,2H2,1H3,(H,19,20)/b10-3+,18-16?. The minimum Gasteiger partial charge on any atom is -0.481 e. The normalized spacial score (nSPS) is 26.2. The molecule has 0 aliphatic heterocycles. The van der Waals surface area contributed by atoms with E-state index in [4.69, 9.17) is 5.41 Å². The predicted octanol–water partition coefficient (Wildman–Crippen LogP) is 3.39. The van der Waals surface area contributed by atoms with Crippen LogP contribution in [0.2, 0.25) is 0 Å². The number of benzene rings is 1. The zero-order valence-electron chi connectivity index (χ0n) is 11.2. The lowest BCUT2D eigenvalue weighted by Crippen LogP contribution is -2.29. The van der Waals surface area contributed by atoms with Crippen LogP contribution in [0.25, 0.3) is 11.1 Å². The van der Waals surface area contributed by atoms with Crippen molar-refractivity contribution in [2.24, 2.45) is 11.8 Å². The molecule has 2 aliphatic carbocycles. The molecule has 2 unspecified atom stereocenters. The number of hydrogen-bond donors (Lipinski definition) is 2. The van der Waals surface area contributed by atoms with E-state index in [-0.39, 0.29) is 11.6 Å². The zero-order chi connectivity index (χ0) is 14.4. The van der Waals surface area contributed by atoms with Gasteiger partial charge in [-0.1, -0.05) is 43.0 Å². The molecule has 0 aromatic heterocycles. The second-order valence-corrected chi connectivity index (χ2v) is 5.10. The summed E-state index contributed by atoms with van der Waals surface area (Å²) in [6, 6.07) is 7.90. The Morgan fingerprint density at radius 2 is 2.00 bits per heavy atom. The van der Waals surface area contributed by atoms with Crippen molar-refractivity contribution in [3.05, 3.63) is 59.7 Å². The lowest BCUT2D eigenvalue weighted by Gasteiger charge is -2.27. The fourth-order valence-corrected chi connectivity index (χ4v) is 3.17. The molecule has 0 saturated carbocycles. The first-order valence-electron chi connectivity index (χ1n) is 6.54. The quantitative estimate of drug-likeness (QED) is 0.817. The van der Waals surface area contributed by atoms with Crippen molar-refractivity contribution in [2.45, 2.75) is 6.92 Å². The molecule has 0 radical (unpaired) electrons. The second-order valence-electron chi connectivity index (χ2n) is 5.10. The number of allylic oxidation sites excluding steroid dienone is 4. The molecular weight excluding hydrogens is 250 g/mol. The number of rotatable bonds is 1. The minimum absolute atomic E-state index is 0.0690. The highest BCUT2D eigenvalue weighted by atomic mass is 16.4. The van der Waals surface area contributed by atoms with Crippen LogP contribution in [-0.2, 0) is 4.79 Å². The van der Waals surface area contributed by atoms with Gasteiger partial charge in [0.2, 0.25) is 0 Å². The molecule has 0 saturated heterocycles. The summed E-state index contributed by atoms with van der Waals surface area (Å²) in [7, 11) is 0. The summed E-state index contributed by atoms with van der Waals surface area (Å²) >= 11 is 0. The molecule has 0 heterocycles. The Morgan fingerprint density at radius 1 is 1.35 bits per heavy atom. The molecule has 0 fully saturated rings. The van der Waals surface area contributed by atoms with Crippen LogP contribution in [0.15, 0.2) is 48.6 Å². The number of fused-ring (bicyclic) bond motifs is 3. The first kappa shape index (κ1) is 12.6. The highest BCUT2D eigenvalue weighted by Gasteiger charge is 2.41. The van der Waals surface area contributed by atoms with Gasteiger partial charge in [-0.15, -0.1) is 0 Å². The van der Waals surface area contributed by atoms with Gasteiger partial charge >= 0.3 is 5.97 Å². The lowest BCUT2D eigenvalue weighted by atomic mass is 9.76. The summed E-state index contributed by atoms with van der Waals surface area (Å²) in [5, 5.41) is 17.5. The SMILES string of the molecule is C=C1c2ccccc2C2=CC(C(=O)O)C(=N)/C(=C/C)C12. The molecule has 2 atom stereocenters. The van der Waals surface area contributed by atoms with E-state index < -0.39 is 11.9 Å². The van der Waals surface area contributed by atoms with E-state index in [1.807, 2.05) is 37.3 Å². The number of carboxylic acids is 1. The van der Waals surface area contributed by atoms with Gasteiger partial charge in [0.25, 0.3) is 0 Å². The molecule has 100 valence electrons. The average Bonchev–Trinajstić information content (AvgIpc) is 2.72. The third-order valence-electron chi connectivity index (χ3n) is 4.10. The highest BCUT2D eigenvalue weighted by molar-refractivity contribution is 6.18. The van der Waals surface area contributed by atoms with Gasteiger partial charge < -0.3 is 10.5 Å². The van der Waals surface area contributed by atoms with E-state index in [9.17, 15) is 9.90 Å². The number of hydrogen-bond acceptors (Lipinski definition) is 2. The van der Waals surface area contributed by atoms with Crippen molar-refractivity contribution in [1.29, 1.82) is 5.41 Å². The van der Waals surface area contributed by atoms with Gasteiger partial charge in [-0.25, -0.2) is 0 Å². The number of nitrogens with one attached hydrogen (secondary N) is 1. The molecule has 0 spiro atoms. The third kappa shape index (κ3) is 1.53. The maximum atomic E-state index is 11.4. The first-order valence-corrected chi connectivity index (χ1v) is 6.54. The summed E-state index contributed by atoms with van der Waals surface area (Å²) in [5.74, 6) is -1.91. The van der Waals surface area contributed by atoms with Gasteiger partial charge in [-0.05, 0) is 34.8 Å². The fourth-order valence-electron chi connectivity index (χ4n) is 3.17. The number of carboxylic acid groups (broad SMARTS) is 1. The Balaban J connectivity index is 2.26. The van der Waals surface area contributed by atoms with Gasteiger partial charge in [0.05, 0.1) is 5.71 Å². The smallest absolute Gasteiger partial charge is 0.316 e. The summed E-state index contributed by atoms with van der Waals surface area (Å²) in [5.41, 5.74) is 4.96. The van der Waals surface area contributed by atoms with Crippen LogP contribution in [-0.4, -0.2) is 16.8 Å². The van der Waals surface area contributed by atoms with Crippen LogP contribution >= 0.6 is 0 Å². The predicted molar refractivity (Wildman–Crippen MR) is 79.6 cm³/mol. The summed E-state index contributed by atoms with van der Waals surface area (Å²) in [4.78, 5) is 11.4. The van der Waals surface area contributed by atoms with Gasteiger partial charge in [-0.3, -0.25) is 4.79 Å². The van der Waals surface area contributed by atoms with E-state index in [1.54, 1.807) is 6.08 Å². The Hall–Kier alpha value is -2.42. The molecule has 1 aromatic rings. The van der Waals surface area contributed by atoms with Crippen molar-refractivity contribution in [3.63, 3.8) is 0 Å². The van der Waals surface area contributed by atoms with Crippen LogP contribution in [0.3, 0.4) is 0 Å². The molecule has 2 aliphatic rings. The van der Waals surface area contributed by atoms with Crippen molar-refractivity contribution < 1.29 is 9.90 Å². The van der Waals surface area contributed by atoms with Crippen molar-refractivity contribution >= 4 is 22.8 Å². The van der Waals surface area contributed by atoms with Crippen molar-refractivity contribution in [1.82, 2.24) is 0 Å². The zero-order valence-corrected chi connectivity index (χ0v) is 11.2. The minimum atomic E-state index is -0.977. The van der Waals surface area contributed by atoms with Gasteiger partial charge in [0.1, 0.15) is 5.92 Å². The maximum Gasteiger partial charge on any atom is 0.316 e. The van der Waals surface area contributed by atoms with Gasteiger partial charge in [0.15, 0.2) is 0 Å². The molecule has 3 nitrogen and oxygen atoms in total. The third-order valence-corrected chi connectivity index (χ3v) is 4.10. The van der Waals surface area contributed by atoms with Gasteiger partial charge in [-0.2, -0.15) is 0 Å². The Kier molecular flexibility index (Phi) is 2.71. The van der Waals surface area contributed by atoms with E-state index in [0.29, 0.717) is 0 Å². The van der Waals surface area contributed by atoms with Crippen molar-refractivity contribution in [3.8, 4) is 0 Å². The van der Waals surface area contributed by atoms with E-state index >= 15 is 0 Å². The Labute approximate surface area is 117 Å². The molecule has 2 N–H and O–H groups in total. The summed E-state index contributed by atoms with van der Waals surface area (Å²) < 4.78 is 0. The molecule has 1 aromatic carbocycles. The van der Waals surface area contributed by atoms with Crippen LogP contribution < -0.4 is 0 Å². The van der Waals surface area contributed by atoms with Crippen LogP contribution in [0.4, 0.5) is 0 Å².